The summed E-state index contributed by atoms with van der Waals surface area (Å²) in [5.41, 5.74) is 1.22. The van der Waals surface area contributed by atoms with Crippen molar-refractivity contribution in [2.75, 3.05) is 0 Å². The van der Waals surface area contributed by atoms with Crippen LogP contribution in [-0.4, -0.2) is 12.1 Å². The molecule has 0 aromatic heterocycles. The lowest BCUT2D eigenvalue weighted by atomic mass is 10.1. The Morgan fingerprint density at radius 2 is 1.83 bits per heavy atom. The van der Waals surface area contributed by atoms with E-state index in [2.05, 4.69) is 10.5 Å². The lowest BCUT2D eigenvalue weighted by Gasteiger charge is -2.09. The summed E-state index contributed by atoms with van der Waals surface area (Å²) < 4.78 is 38.4. The number of hydrogen-bond acceptors (Lipinski definition) is 2. The van der Waals surface area contributed by atoms with Gasteiger partial charge in [-0.3, -0.25) is 4.79 Å². The van der Waals surface area contributed by atoms with Crippen molar-refractivity contribution in [1.29, 1.82) is 0 Å². The minimum absolute atomic E-state index is 0.109. The number of benzene rings is 2. The van der Waals surface area contributed by atoms with Crippen molar-refractivity contribution in [2.24, 2.45) is 5.10 Å². The molecule has 1 amide bonds. The lowest BCUT2D eigenvalue weighted by molar-refractivity contribution is -0.137. The predicted octanol–water partition coefficient (Wildman–Crippen LogP) is 4.78. The molecule has 1 N–H and O–H groups in total. The average molecular weight is 361 g/mol. The Labute approximate surface area is 139 Å². The third-order valence-electron chi connectivity index (χ3n) is 2.81. The minimum atomic E-state index is -4.51. The van der Waals surface area contributed by atoms with Crippen molar-refractivity contribution < 1.29 is 18.0 Å². The van der Waals surface area contributed by atoms with Gasteiger partial charge in [-0.15, -0.1) is 0 Å². The molecule has 0 atom stereocenters. The zero-order valence-corrected chi connectivity index (χ0v) is 12.9. The van der Waals surface area contributed by atoms with E-state index in [1.165, 1.54) is 36.4 Å². The second-order valence-corrected chi connectivity index (χ2v) is 5.25. The predicted molar refractivity (Wildman–Crippen MR) is 83.0 cm³/mol. The van der Waals surface area contributed by atoms with E-state index >= 15 is 0 Å². The van der Waals surface area contributed by atoms with Crippen molar-refractivity contribution >= 4 is 35.3 Å². The van der Waals surface area contributed by atoms with Crippen LogP contribution in [0.5, 0.6) is 0 Å². The molecule has 0 heterocycles. The highest BCUT2D eigenvalue weighted by Gasteiger charge is 2.32. The van der Waals surface area contributed by atoms with Crippen molar-refractivity contribution in [3.63, 3.8) is 0 Å². The van der Waals surface area contributed by atoms with Gasteiger partial charge in [0.1, 0.15) is 0 Å². The number of alkyl halides is 3. The quantitative estimate of drug-likeness (QED) is 0.621. The van der Waals surface area contributed by atoms with E-state index < -0.39 is 17.6 Å². The summed E-state index contributed by atoms with van der Waals surface area (Å²) in [6.45, 7) is 0. The molecule has 8 heteroatoms. The fourth-order valence-corrected chi connectivity index (χ4v) is 2.26. The summed E-state index contributed by atoms with van der Waals surface area (Å²) in [6.07, 6.45) is -3.59. The molecular formula is C15H9Cl2F3N2O. The molecule has 23 heavy (non-hydrogen) atoms. The van der Waals surface area contributed by atoms with Gasteiger partial charge in [-0.05, 0) is 24.3 Å². The normalized spacial score (nSPS) is 11.7. The molecule has 0 aliphatic rings. The van der Waals surface area contributed by atoms with Crippen LogP contribution in [0.15, 0.2) is 47.6 Å². The monoisotopic (exact) mass is 360 g/mol. The third kappa shape index (κ3) is 4.46. The first-order chi connectivity index (χ1) is 10.8. The van der Waals surface area contributed by atoms with Gasteiger partial charge in [0.15, 0.2) is 0 Å². The van der Waals surface area contributed by atoms with Crippen LogP contribution in [-0.2, 0) is 6.18 Å². The van der Waals surface area contributed by atoms with Crippen LogP contribution in [0.4, 0.5) is 13.2 Å². The zero-order valence-electron chi connectivity index (χ0n) is 11.4. The Kier molecular flexibility index (Phi) is 5.28. The maximum Gasteiger partial charge on any atom is 0.417 e. The van der Waals surface area contributed by atoms with Gasteiger partial charge in [0.05, 0.1) is 22.4 Å². The van der Waals surface area contributed by atoms with Crippen LogP contribution in [0.1, 0.15) is 21.5 Å². The Morgan fingerprint density at radius 1 is 1.13 bits per heavy atom. The summed E-state index contributed by atoms with van der Waals surface area (Å²) >= 11 is 11.6. The van der Waals surface area contributed by atoms with Crippen LogP contribution in [0.25, 0.3) is 0 Å². The second-order valence-electron chi connectivity index (χ2n) is 4.41. The van der Waals surface area contributed by atoms with Crippen molar-refractivity contribution in [3.8, 4) is 0 Å². The van der Waals surface area contributed by atoms with Crippen LogP contribution in [0, 0.1) is 0 Å². The number of hydrogen-bond donors (Lipinski definition) is 1. The molecule has 0 saturated heterocycles. The van der Waals surface area contributed by atoms with Crippen molar-refractivity contribution in [2.45, 2.75) is 6.18 Å². The molecule has 0 saturated carbocycles. The highest BCUT2D eigenvalue weighted by atomic mass is 35.5. The average Bonchev–Trinajstić information content (AvgIpc) is 2.46. The number of nitrogens with one attached hydrogen (secondary N) is 1. The maximum atomic E-state index is 12.8. The van der Waals surface area contributed by atoms with Gasteiger partial charge >= 0.3 is 6.18 Å². The molecule has 0 aliphatic carbocycles. The van der Waals surface area contributed by atoms with Gasteiger partial charge in [-0.25, -0.2) is 5.43 Å². The molecule has 0 fully saturated rings. The van der Waals surface area contributed by atoms with Gasteiger partial charge in [-0.1, -0.05) is 41.4 Å². The van der Waals surface area contributed by atoms with Gasteiger partial charge in [-0.2, -0.15) is 18.3 Å². The smallest absolute Gasteiger partial charge is 0.267 e. The number of nitrogens with zero attached hydrogens (tertiary/aromatic N) is 1. The summed E-state index contributed by atoms with van der Waals surface area (Å²) in [7, 11) is 0. The van der Waals surface area contributed by atoms with Gasteiger partial charge in [0.25, 0.3) is 5.91 Å². The Morgan fingerprint density at radius 3 is 2.48 bits per heavy atom. The van der Waals surface area contributed by atoms with E-state index in [1.807, 2.05) is 0 Å². The number of carbonyl (C=O) groups is 1. The van der Waals surface area contributed by atoms with E-state index in [1.54, 1.807) is 0 Å². The molecule has 0 radical (unpaired) electrons. The summed E-state index contributed by atoms with van der Waals surface area (Å²) in [5.74, 6) is -0.660. The fraction of sp³-hybridized carbons (Fsp3) is 0.0667. The standard InChI is InChI=1S/C15H9Cl2F3N2O/c16-10-5-6-11(13(17)7-10)14(23)22-21-8-9-3-1-2-4-12(9)15(18,19)20/h1-8H,(H,22,23). The largest absolute Gasteiger partial charge is 0.417 e. The molecular weight excluding hydrogens is 352 g/mol. The van der Waals surface area contributed by atoms with Gasteiger partial charge < -0.3 is 0 Å². The maximum absolute atomic E-state index is 12.8. The third-order valence-corrected chi connectivity index (χ3v) is 3.36. The minimum Gasteiger partial charge on any atom is -0.267 e. The van der Waals surface area contributed by atoms with E-state index in [9.17, 15) is 18.0 Å². The molecule has 2 aromatic carbocycles. The molecule has 0 aliphatic heterocycles. The zero-order chi connectivity index (χ0) is 17.0. The van der Waals surface area contributed by atoms with E-state index in [-0.39, 0.29) is 16.1 Å². The second kappa shape index (κ2) is 7.02. The van der Waals surface area contributed by atoms with Gasteiger partial charge in [0, 0.05) is 10.6 Å². The first kappa shape index (κ1) is 17.3. The van der Waals surface area contributed by atoms with Crippen LogP contribution >= 0.6 is 23.2 Å². The highest BCUT2D eigenvalue weighted by molar-refractivity contribution is 6.36. The summed E-state index contributed by atoms with van der Waals surface area (Å²) in [5, 5.41) is 4.01. The van der Waals surface area contributed by atoms with Crippen LogP contribution < -0.4 is 5.43 Å². The summed E-state index contributed by atoms with van der Waals surface area (Å²) in [4.78, 5) is 11.9. The first-order valence-corrected chi connectivity index (χ1v) is 6.99. The molecule has 0 unspecified atom stereocenters. The fourth-order valence-electron chi connectivity index (χ4n) is 1.76. The number of halogens is 5. The number of hydrazone groups is 1. The summed E-state index contributed by atoms with van der Waals surface area (Å²) in [6, 6.07) is 9.11. The Balaban J connectivity index is 2.15. The van der Waals surface area contributed by atoms with E-state index in [0.717, 1.165) is 12.3 Å². The van der Waals surface area contributed by atoms with E-state index in [0.29, 0.717) is 5.02 Å². The molecule has 0 spiro atoms. The van der Waals surface area contributed by atoms with Crippen molar-refractivity contribution in [3.05, 3.63) is 69.2 Å². The molecule has 0 bridgehead atoms. The lowest BCUT2D eigenvalue weighted by Crippen LogP contribution is -2.18. The number of rotatable bonds is 3. The highest BCUT2D eigenvalue weighted by Crippen LogP contribution is 2.31. The molecule has 2 rings (SSSR count). The van der Waals surface area contributed by atoms with Crippen LogP contribution in [0.2, 0.25) is 10.0 Å². The van der Waals surface area contributed by atoms with Gasteiger partial charge in [0.2, 0.25) is 0 Å². The Bertz CT molecular complexity index is 761. The van der Waals surface area contributed by atoms with Crippen LogP contribution in [0.3, 0.4) is 0 Å². The number of amides is 1. The SMILES string of the molecule is O=C(NN=Cc1ccccc1C(F)(F)F)c1ccc(Cl)cc1Cl. The Hall–Kier alpha value is -2.05. The topological polar surface area (TPSA) is 41.5 Å². The first-order valence-electron chi connectivity index (χ1n) is 6.23. The number of carbonyl (C=O) groups excluding carboxylic acids is 1. The van der Waals surface area contributed by atoms with E-state index in [4.69, 9.17) is 23.2 Å². The molecule has 3 nitrogen and oxygen atoms in total. The molecule has 2 aromatic rings. The van der Waals surface area contributed by atoms with Crippen molar-refractivity contribution in [1.82, 2.24) is 5.43 Å². The molecule has 120 valence electrons.